The van der Waals surface area contributed by atoms with Crippen molar-refractivity contribution in [1.82, 2.24) is 4.98 Å². The van der Waals surface area contributed by atoms with Gasteiger partial charge in [-0.05, 0) is 24.3 Å². The van der Waals surface area contributed by atoms with Crippen LogP contribution >= 0.6 is 0 Å². The summed E-state index contributed by atoms with van der Waals surface area (Å²) in [5.41, 5.74) is 2.84. The summed E-state index contributed by atoms with van der Waals surface area (Å²) in [6, 6.07) is 10.1. The van der Waals surface area contributed by atoms with E-state index in [4.69, 9.17) is 0 Å². The summed E-state index contributed by atoms with van der Waals surface area (Å²) in [6.07, 6.45) is 9.61. The number of benzene rings is 1. The van der Waals surface area contributed by atoms with E-state index in [0.29, 0.717) is 0 Å². The fourth-order valence-corrected chi connectivity index (χ4v) is 1.73. The topological polar surface area (TPSA) is 25.2 Å². The molecule has 0 atom stereocenters. The van der Waals surface area contributed by atoms with Crippen molar-refractivity contribution in [3.63, 3.8) is 0 Å². The van der Waals surface area contributed by atoms with Gasteiger partial charge in [-0.25, -0.2) is 4.98 Å². The highest BCUT2D eigenvalue weighted by Gasteiger charge is 2.02. The van der Waals surface area contributed by atoms with Gasteiger partial charge in [-0.1, -0.05) is 30.4 Å². The molecule has 0 radical (unpaired) electrons. The molecule has 1 aliphatic heterocycles. The average molecular weight is 206 g/mol. The zero-order valence-electron chi connectivity index (χ0n) is 8.67. The molecule has 3 rings (SSSR count). The highest BCUT2D eigenvalue weighted by Crippen LogP contribution is 2.24. The Morgan fingerprint density at radius 1 is 0.938 bits per heavy atom. The van der Waals surface area contributed by atoms with E-state index in [9.17, 15) is 0 Å². The second-order valence-corrected chi connectivity index (χ2v) is 3.61. The lowest BCUT2D eigenvalue weighted by atomic mass is 10.1. The molecule has 1 aromatic heterocycles. The van der Waals surface area contributed by atoms with E-state index in [0.717, 1.165) is 22.3 Å². The molecule has 0 spiro atoms. The number of nitrogens with zero attached hydrogens (tertiary/aromatic N) is 2. The molecular formula is C14H10N2. The maximum absolute atomic E-state index is 4.58. The molecule has 2 heteroatoms. The number of allylic oxidation sites excluding steroid dienone is 3. The third-order valence-corrected chi connectivity index (χ3v) is 2.51. The lowest BCUT2D eigenvalue weighted by Gasteiger charge is -2.04. The first kappa shape index (κ1) is 9.04. The van der Waals surface area contributed by atoms with Gasteiger partial charge >= 0.3 is 0 Å². The Balaban J connectivity index is 2.31. The Labute approximate surface area is 93.7 Å². The first-order chi connectivity index (χ1) is 7.93. The maximum Gasteiger partial charge on any atom is 0.0893 e. The second-order valence-electron chi connectivity index (χ2n) is 3.61. The third kappa shape index (κ3) is 1.54. The van der Waals surface area contributed by atoms with E-state index >= 15 is 0 Å². The molecule has 0 fully saturated rings. The first-order valence-electron chi connectivity index (χ1n) is 5.21. The van der Waals surface area contributed by atoms with Crippen LogP contribution < -0.4 is 0 Å². The van der Waals surface area contributed by atoms with Crippen LogP contribution in [0.4, 0.5) is 5.69 Å². The van der Waals surface area contributed by atoms with Gasteiger partial charge in [0.15, 0.2) is 0 Å². The van der Waals surface area contributed by atoms with E-state index in [1.165, 1.54) is 0 Å². The number of rotatable bonds is 0. The van der Waals surface area contributed by atoms with Crippen LogP contribution in [0.1, 0.15) is 5.69 Å². The van der Waals surface area contributed by atoms with Crippen molar-refractivity contribution in [3.8, 4) is 0 Å². The molecule has 2 nitrogen and oxygen atoms in total. The summed E-state index contributed by atoms with van der Waals surface area (Å²) >= 11 is 0. The van der Waals surface area contributed by atoms with Gasteiger partial charge in [-0.2, -0.15) is 0 Å². The summed E-state index contributed by atoms with van der Waals surface area (Å²) in [7, 11) is 0. The zero-order valence-corrected chi connectivity index (χ0v) is 8.67. The molecule has 0 unspecified atom stereocenters. The minimum absolute atomic E-state index is 0.916. The Kier molecular flexibility index (Phi) is 2.11. The fourth-order valence-electron chi connectivity index (χ4n) is 1.73. The smallest absolute Gasteiger partial charge is 0.0893 e. The molecule has 0 N–H and O–H groups in total. The van der Waals surface area contributed by atoms with E-state index < -0.39 is 0 Å². The molecule has 2 heterocycles. The van der Waals surface area contributed by atoms with Crippen LogP contribution in [0.15, 0.2) is 53.6 Å². The lowest BCUT2D eigenvalue weighted by Crippen LogP contribution is -1.86. The van der Waals surface area contributed by atoms with Crippen molar-refractivity contribution >= 4 is 28.9 Å². The van der Waals surface area contributed by atoms with E-state index in [-0.39, 0.29) is 0 Å². The quantitative estimate of drug-likeness (QED) is 0.647. The second kappa shape index (κ2) is 3.74. The van der Waals surface area contributed by atoms with Crippen LogP contribution in [0.2, 0.25) is 0 Å². The first-order valence-corrected chi connectivity index (χ1v) is 5.21. The Bertz CT molecular complexity index is 567. The summed E-state index contributed by atoms with van der Waals surface area (Å²) in [5.74, 6) is 0. The molecule has 76 valence electrons. The van der Waals surface area contributed by atoms with Crippen molar-refractivity contribution in [3.05, 3.63) is 54.3 Å². The molecule has 1 aromatic carbocycles. The van der Waals surface area contributed by atoms with Gasteiger partial charge in [-0.3, -0.25) is 4.99 Å². The molecule has 0 aliphatic carbocycles. The van der Waals surface area contributed by atoms with Crippen LogP contribution in [0.3, 0.4) is 0 Å². The van der Waals surface area contributed by atoms with Gasteiger partial charge in [0.05, 0.1) is 16.9 Å². The van der Waals surface area contributed by atoms with Gasteiger partial charge in [0.25, 0.3) is 0 Å². The van der Waals surface area contributed by atoms with E-state index in [2.05, 4.69) is 22.1 Å². The van der Waals surface area contributed by atoms with Crippen molar-refractivity contribution < 1.29 is 0 Å². The molecule has 16 heavy (non-hydrogen) atoms. The predicted molar refractivity (Wildman–Crippen MR) is 68.1 cm³/mol. The van der Waals surface area contributed by atoms with Crippen LogP contribution in [-0.2, 0) is 0 Å². The Morgan fingerprint density at radius 3 is 2.88 bits per heavy atom. The number of hydrogen-bond acceptors (Lipinski definition) is 2. The number of aromatic nitrogens is 1. The number of pyridine rings is 1. The summed E-state index contributed by atoms with van der Waals surface area (Å²) in [4.78, 5) is 8.95. The van der Waals surface area contributed by atoms with E-state index in [1.807, 2.05) is 42.5 Å². The molecular weight excluding hydrogens is 196 g/mol. The number of hydrogen-bond donors (Lipinski definition) is 0. The number of para-hydroxylation sites is 1. The van der Waals surface area contributed by atoms with Crippen molar-refractivity contribution in [2.24, 2.45) is 4.99 Å². The van der Waals surface area contributed by atoms with Crippen LogP contribution in [0.5, 0.6) is 0 Å². The third-order valence-electron chi connectivity index (χ3n) is 2.51. The fraction of sp³-hybridized carbons (Fsp3) is 0. The highest BCUT2D eigenvalue weighted by atomic mass is 14.8. The standard InChI is InChI=1S/C14H10N2/c1-2-8-13-14(15-9-5-1)10-11-6-3-4-7-12(11)16-13/h1-10H. The SMILES string of the molecule is C1=CC=Nc2cc3ccccc3nc2C=C1. The Hall–Kier alpha value is -2.22. The monoisotopic (exact) mass is 206 g/mol. The largest absolute Gasteiger partial charge is 0.255 e. The van der Waals surface area contributed by atoms with Crippen molar-refractivity contribution in [2.45, 2.75) is 0 Å². The molecule has 0 saturated carbocycles. The molecule has 0 bridgehead atoms. The zero-order chi connectivity index (χ0) is 10.8. The summed E-state index contributed by atoms with van der Waals surface area (Å²) < 4.78 is 0. The van der Waals surface area contributed by atoms with Gasteiger partial charge in [0.2, 0.25) is 0 Å². The summed E-state index contributed by atoms with van der Waals surface area (Å²) in [5, 5.41) is 1.12. The molecule has 2 aromatic rings. The van der Waals surface area contributed by atoms with Crippen molar-refractivity contribution in [2.75, 3.05) is 0 Å². The van der Waals surface area contributed by atoms with Gasteiger partial charge in [0, 0.05) is 11.6 Å². The number of aliphatic imine (C=N–C) groups is 1. The van der Waals surface area contributed by atoms with Crippen molar-refractivity contribution in [1.29, 1.82) is 0 Å². The van der Waals surface area contributed by atoms with Crippen LogP contribution in [-0.4, -0.2) is 11.2 Å². The van der Waals surface area contributed by atoms with Crippen LogP contribution in [0.25, 0.3) is 17.0 Å². The molecule has 1 aliphatic rings. The van der Waals surface area contributed by atoms with Gasteiger partial charge < -0.3 is 0 Å². The Morgan fingerprint density at radius 2 is 1.88 bits per heavy atom. The number of fused-ring (bicyclic) bond motifs is 2. The minimum atomic E-state index is 0.916. The normalized spacial score (nSPS) is 13.5. The molecule has 0 amide bonds. The van der Waals surface area contributed by atoms with Crippen LogP contribution in [0, 0.1) is 0 Å². The van der Waals surface area contributed by atoms with Gasteiger partial charge in [0.1, 0.15) is 0 Å². The average Bonchev–Trinajstić information content (AvgIpc) is 2.29. The highest BCUT2D eigenvalue weighted by molar-refractivity contribution is 5.87. The summed E-state index contributed by atoms with van der Waals surface area (Å²) in [6.45, 7) is 0. The van der Waals surface area contributed by atoms with Gasteiger partial charge in [-0.15, -0.1) is 0 Å². The van der Waals surface area contributed by atoms with E-state index in [1.54, 1.807) is 6.21 Å². The molecule has 0 saturated heterocycles. The minimum Gasteiger partial charge on any atom is -0.255 e. The predicted octanol–water partition coefficient (Wildman–Crippen LogP) is 3.52. The maximum atomic E-state index is 4.58. The lowest BCUT2D eigenvalue weighted by molar-refractivity contribution is 1.34.